The summed E-state index contributed by atoms with van der Waals surface area (Å²) in [6.07, 6.45) is 7.92. The van der Waals surface area contributed by atoms with Crippen molar-refractivity contribution in [1.82, 2.24) is 0 Å². The van der Waals surface area contributed by atoms with Crippen molar-refractivity contribution in [2.45, 2.75) is 84.7 Å². The van der Waals surface area contributed by atoms with Crippen molar-refractivity contribution in [1.29, 1.82) is 0 Å². The molecule has 0 N–H and O–H groups in total. The van der Waals surface area contributed by atoms with Crippen molar-refractivity contribution in [2.24, 2.45) is 0 Å². The third kappa shape index (κ3) is 10.3. The lowest BCUT2D eigenvalue weighted by Gasteiger charge is -2.22. The molecule has 0 saturated heterocycles. The highest BCUT2D eigenvalue weighted by molar-refractivity contribution is 5.68. The molecule has 0 aliphatic heterocycles. The molecule has 0 aromatic rings. The maximum atomic E-state index is 11.3. The Morgan fingerprint density at radius 1 is 1.00 bits per heavy atom. The van der Waals surface area contributed by atoms with Crippen molar-refractivity contribution in [2.75, 3.05) is 0 Å². The molecule has 102 valence electrons. The van der Waals surface area contributed by atoms with Gasteiger partial charge in [0.2, 0.25) is 0 Å². The summed E-state index contributed by atoms with van der Waals surface area (Å²) in [6, 6.07) is 0. The SMILES string of the molecule is CCCCCC(=O)OOC(C)(C)CCCCC. The first-order chi connectivity index (χ1) is 8.02. The second-order valence-electron chi connectivity index (χ2n) is 5.21. The van der Waals surface area contributed by atoms with E-state index in [2.05, 4.69) is 13.8 Å². The fraction of sp³-hybridized carbons (Fsp3) is 0.929. The molecular weight excluding hydrogens is 216 g/mol. The van der Waals surface area contributed by atoms with Crippen LogP contribution in [0.4, 0.5) is 0 Å². The predicted molar refractivity (Wildman–Crippen MR) is 69.5 cm³/mol. The van der Waals surface area contributed by atoms with Gasteiger partial charge in [0.1, 0.15) is 5.60 Å². The minimum atomic E-state index is -0.365. The molecule has 3 nitrogen and oxygen atoms in total. The summed E-state index contributed by atoms with van der Waals surface area (Å²) in [6.45, 7) is 8.20. The summed E-state index contributed by atoms with van der Waals surface area (Å²) < 4.78 is 0. The van der Waals surface area contributed by atoms with Crippen LogP contribution in [-0.2, 0) is 14.6 Å². The highest BCUT2D eigenvalue weighted by atomic mass is 17.2. The van der Waals surface area contributed by atoms with Crippen molar-refractivity contribution >= 4 is 5.97 Å². The van der Waals surface area contributed by atoms with Crippen LogP contribution in [0.2, 0.25) is 0 Å². The molecule has 0 bridgehead atoms. The molecule has 0 aromatic heterocycles. The number of hydrogen-bond acceptors (Lipinski definition) is 3. The second kappa shape index (κ2) is 9.46. The van der Waals surface area contributed by atoms with E-state index in [9.17, 15) is 4.79 Å². The average molecular weight is 244 g/mol. The Kier molecular flexibility index (Phi) is 9.14. The largest absolute Gasteiger partial charge is 0.342 e. The molecule has 0 aliphatic rings. The first kappa shape index (κ1) is 16.4. The summed E-state index contributed by atoms with van der Waals surface area (Å²) in [5.41, 5.74) is -0.365. The monoisotopic (exact) mass is 244 g/mol. The number of rotatable bonds is 10. The number of hydrogen-bond donors (Lipinski definition) is 0. The number of unbranched alkanes of at least 4 members (excludes halogenated alkanes) is 4. The Labute approximate surface area is 106 Å². The molecule has 17 heavy (non-hydrogen) atoms. The van der Waals surface area contributed by atoms with Gasteiger partial charge in [0.05, 0.1) is 0 Å². The fourth-order valence-corrected chi connectivity index (χ4v) is 1.56. The highest BCUT2D eigenvalue weighted by Crippen LogP contribution is 2.19. The smallest absolute Gasteiger partial charge is 0.298 e. The van der Waals surface area contributed by atoms with Crippen LogP contribution in [0.15, 0.2) is 0 Å². The summed E-state index contributed by atoms with van der Waals surface area (Å²) in [4.78, 5) is 21.4. The van der Waals surface area contributed by atoms with E-state index in [0.29, 0.717) is 6.42 Å². The Balaban J connectivity index is 3.65. The van der Waals surface area contributed by atoms with Crippen LogP contribution in [0, 0.1) is 0 Å². The molecule has 0 amide bonds. The van der Waals surface area contributed by atoms with E-state index in [4.69, 9.17) is 9.78 Å². The van der Waals surface area contributed by atoms with Crippen molar-refractivity contribution in [3.63, 3.8) is 0 Å². The van der Waals surface area contributed by atoms with Gasteiger partial charge in [-0.3, -0.25) is 4.89 Å². The maximum absolute atomic E-state index is 11.3. The molecule has 0 aliphatic carbocycles. The topological polar surface area (TPSA) is 35.5 Å². The molecule has 0 heterocycles. The summed E-state index contributed by atoms with van der Waals surface area (Å²) in [5, 5.41) is 0. The minimum Gasteiger partial charge on any atom is -0.298 e. The van der Waals surface area contributed by atoms with Crippen LogP contribution >= 0.6 is 0 Å². The first-order valence-corrected chi connectivity index (χ1v) is 6.90. The zero-order valence-electron chi connectivity index (χ0n) is 11.9. The van der Waals surface area contributed by atoms with Gasteiger partial charge in [-0.15, -0.1) is 0 Å². The zero-order valence-corrected chi connectivity index (χ0v) is 11.9. The highest BCUT2D eigenvalue weighted by Gasteiger charge is 2.21. The van der Waals surface area contributed by atoms with Crippen molar-refractivity contribution in [3.8, 4) is 0 Å². The van der Waals surface area contributed by atoms with Gasteiger partial charge in [0.25, 0.3) is 0 Å². The number of carbonyl (C=O) groups excluding carboxylic acids is 1. The van der Waals surface area contributed by atoms with Gasteiger partial charge in [-0.1, -0.05) is 46.0 Å². The van der Waals surface area contributed by atoms with E-state index in [1.54, 1.807) is 0 Å². The van der Waals surface area contributed by atoms with Crippen LogP contribution in [0.5, 0.6) is 0 Å². The molecular formula is C14H28O3. The third-order valence-corrected chi connectivity index (χ3v) is 2.73. The molecule has 0 fully saturated rings. The first-order valence-electron chi connectivity index (χ1n) is 6.90. The van der Waals surface area contributed by atoms with Crippen molar-refractivity contribution in [3.05, 3.63) is 0 Å². The van der Waals surface area contributed by atoms with Gasteiger partial charge in [0, 0.05) is 6.42 Å². The van der Waals surface area contributed by atoms with Crippen LogP contribution in [-0.4, -0.2) is 11.6 Å². The van der Waals surface area contributed by atoms with Crippen LogP contribution in [0.1, 0.15) is 79.1 Å². The minimum absolute atomic E-state index is 0.248. The van der Waals surface area contributed by atoms with Gasteiger partial charge >= 0.3 is 5.97 Å². The average Bonchev–Trinajstić information content (AvgIpc) is 2.27. The lowest BCUT2D eigenvalue weighted by molar-refractivity contribution is -0.326. The summed E-state index contributed by atoms with van der Waals surface area (Å²) in [5.74, 6) is -0.248. The van der Waals surface area contributed by atoms with Gasteiger partial charge in [0.15, 0.2) is 0 Å². The van der Waals surface area contributed by atoms with Crippen molar-refractivity contribution < 1.29 is 14.6 Å². The molecule has 0 atom stereocenters. The van der Waals surface area contributed by atoms with E-state index < -0.39 is 0 Å². The lowest BCUT2D eigenvalue weighted by atomic mass is 10.0. The Hall–Kier alpha value is -0.570. The van der Waals surface area contributed by atoms with E-state index in [1.807, 2.05) is 13.8 Å². The third-order valence-electron chi connectivity index (χ3n) is 2.73. The summed E-state index contributed by atoms with van der Waals surface area (Å²) >= 11 is 0. The molecule has 0 unspecified atom stereocenters. The fourth-order valence-electron chi connectivity index (χ4n) is 1.56. The Morgan fingerprint density at radius 2 is 1.59 bits per heavy atom. The molecule has 0 aromatic carbocycles. The second-order valence-corrected chi connectivity index (χ2v) is 5.21. The van der Waals surface area contributed by atoms with E-state index in [0.717, 1.165) is 32.1 Å². The van der Waals surface area contributed by atoms with E-state index in [-0.39, 0.29) is 11.6 Å². The van der Waals surface area contributed by atoms with Gasteiger partial charge in [-0.05, 0) is 26.7 Å². The molecule has 3 heteroatoms. The van der Waals surface area contributed by atoms with Crippen LogP contribution in [0.25, 0.3) is 0 Å². The van der Waals surface area contributed by atoms with E-state index >= 15 is 0 Å². The van der Waals surface area contributed by atoms with Crippen LogP contribution < -0.4 is 0 Å². The molecule has 0 saturated carbocycles. The molecule has 0 rings (SSSR count). The Bertz CT molecular complexity index is 200. The standard InChI is InChI=1S/C14H28O3/c1-5-7-9-11-13(15)16-17-14(3,4)12-10-8-6-2/h5-12H2,1-4H3. The quantitative estimate of drug-likeness (QED) is 0.324. The van der Waals surface area contributed by atoms with E-state index in [1.165, 1.54) is 12.8 Å². The Morgan fingerprint density at radius 3 is 2.18 bits per heavy atom. The van der Waals surface area contributed by atoms with Gasteiger partial charge < -0.3 is 0 Å². The van der Waals surface area contributed by atoms with Crippen LogP contribution in [0.3, 0.4) is 0 Å². The maximum Gasteiger partial charge on any atom is 0.342 e. The van der Waals surface area contributed by atoms with Gasteiger partial charge in [-0.25, -0.2) is 4.79 Å². The molecule has 0 spiro atoms. The normalized spacial score (nSPS) is 11.5. The summed E-state index contributed by atoms with van der Waals surface area (Å²) in [7, 11) is 0. The zero-order chi connectivity index (χ0) is 13.1. The lowest BCUT2D eigenvalue weighted by Crippen LogP contribution is -2.26. The van der Waals surface area contributed by atoms with Gasteiger partial charge in [-0.2, -0.15) is 4.89 Å². The molecule has 0 radical (unpaired) electrons. The number of carbonyl (C=O) groups is 1. The predicted octanol–water partition coefficient (Wildman–Crippen LogP) is 4.40.